The Bertz CT molecular complexity index is 329. The number of nitrogens with zero attached hydrogens (tertiary/aromatic N) is 1. The Hall–Kier alpha value is -0.740. The Kier molecular flexibility index (Phi) is 2.93. The van der Waals surface area contributed by atoms with E-state index in [9.17, 15) is 4.79 Å². The number of carbonyl (C=O) groups excluding carboxylic acids is 1. The molecule has 1 aliphatic heterocycles. The van der Waals surface area contributed by atoms with Crippen molar-refractivity contribution in [3.05, 3.63) is 16.1 Å². The first-order valence-electron chi connectivity index (χ1n) is 4.94. The van der Waals surface area contributed by atoms with Crippen LogP contribution in [0.4, 0.5) is 0 Å². The van der Waals surface area contributed by atoms with E-state index < -0.39 is 0 Å². The Labute approximate surface area is 87.6 Å². The van der Waals surface area contributed by atoms with Crippen LogP contribution < -0.4 is 5.32 Å². The molecule has 1 aromatic rings. The summed E-state index contributed by atoms with van der Waals surface area (Å²) in [4.78, 5) is 16.2. The molecule has 0 spiro atoms. The van der Waals surface area contributed by atoms with Gasteiger partial charge in [0.05, 0.1) is 5.01 Å². The van der Waals surface area contributed by atoms with Gasteiger partial charge in [0.15, 0.2) is 5.78 Å². The lowest BCUT2D eigenvalue weighted by molar-refractivity contribution is 0.0890. The van der Waals surface area contributed by atoms with E-state index in [0.717, 1.165) is 30.9 Å². The molecule has 0 aromatic carbocycles. The second-order valence-corrected chi connectivity index (χ2v) is 4.70. The number of hydrogen-bond donors (Lipinski definition) is 1. The molecule has 2 rings (SSSR count). The van der Waals surface area contributed by atoms with E-state index in [-0.39, 0.29) is 11.7 Å². The van der Waals surface area contributed by atoms with Crippen LogP contribution >= 0.6 is 11.3 Å². The Morgan fingerprint density at radius 2 is 2.29 bits per heavy atom. The summed E-state index contributed by atoms with van der Waals surface area (Å²) in [5.74, 6) is 0.425. The molecule has 0 atom stereocenters. The SMILES string of the molecule is Cc1nc(C(=O)C2CCNCC2)cs1. The number of hydrogen-bond acceptors (Lipinski definition) is 4. The lowest BCUT2D eigenvalue weighted by Crippen LogP contribution is -2.32. The maximum absolute atomic E-state index is 11.9. The van der Waals surface area contributed by atoms with E-state index in [0.29, 0.717) is 5.69 Å². The number of ketones is 1. The van der Waals surface area contributed by atoms with E-state index in [1.54, 1.807) is 11.3 Å². The van der Waals surface area contributed by atoms with Crippen LogP contribution in [0, 0.1) is 12.8 Å². The number of nitrogens with one attached hydrogen (secondary N) is 1. The molecule has 0 aliphatic carbocycles. The van der Waals surface area contributed by atoms with Gasteiger partial charge in [-0.3, -0.25) is 4.79 Å². The molecule has 1 aromatic heterocycles. The van der Waals surface area contributed by atoms with Crippen LogP contribution in [0.25, 0.3) is 0 Å². The van der Waals surface area contributed by atoms with Gasteiger partial charge < -0.3 is 5.32 Å². The highest BCUT2D eigenvalue weighted by atomic mass is 32.1. The predicted molar refractivity (Wildman–Crippen MR) is 56.8 cm³/mol. The standard InChI is InChI=1S/C10H14N2OS/c1-7-12-9(6-14-7)10(13)8-2-4-11-5-3-8/h6,8,11H,2-5H2,1H3. The van der Waals surface area contributed by atoms with Crippen molar-refractivity contribution < 1.29 is 4.79 Å². The van der Waals surface area contributed by atoms with Crippen molar-refractivity contribution in [1.29, 1.82) is 0 Å². The summed E-state index contributed by atoms with van der Waals surface area (Å²) in [6.45, 7) is 3.85. The molecule has 3 nitrogen and oxygen atoms in total. The Balaban J connectivity index is 2.07. The van der Waals surface area contributed by atoms with Gasteiger partial charge in [-0.05, 0) is 32.9 Å². The minimum absolute atomic E-state index is 0.192. The van der Waals surface area contributed by atoms with Crippen LogP contribution in [0.1, 0.15) is 28.3 Å². The largest absolute Gasteiger partial charge is 0.317 e. The van der Waals surface area contributed by atoms with Gasteiger partial charge in [0, 0.05) is 11.3 Å². The van der Waals surface area contributed by atoms with E-state index in [4.69, 9.17) is 0 Å². The Morgan fingerprint density at radius 1 is 1.57 bits per heavy atom. The number of rotatable bonds is 2. The molecule has 1 saturated heterocycles. The zero-order valence-electron chi connectivity index (χ0n) is 8.25. The molecule has 76 valence electrons. The lowest BCUT2D eigenvalue weighted by Gasteiger charge is -2.20. The highest BCUT2D eigenvalue weighted by Gasteiger charge is 2.23. The molecule has 1 aliphatic rings. The van der Waals surface area contributed by atoms with Crippen molar-refractivity contribution in [2.24, 2.45) is 5.92 Å². The highest BCUT2D eigenvalue weighted by Crippen LogP contribution is 2.19. The zero-order chi connectivity index (χ0) is 9.97. The van der Waals surface area contributed by atoms with E-state index in [2.05, 4.69) is 10.3 Å². The summed E-state index contributed by atoms with van der Waals surface area (Å²) in [5, 5.41) is 6.11. The fraction of sp³-hybridized carbons (Fsp3) is 0.600. The molecule has 0 bridgehead atoms. The predicted octanol–water partition coefficient (Wildman–Crippen LogP) is 1.63. The molecule has 0 unspecified atom stereocenters. The minimum Gasteiger partial charge on any atom is -0.317 e. The maximum atomic E-state index is 11.9. The number of thiazole rings is 1. The maximum Gasteiger partial charge on any atom is 0.185 e. The zero-order valence-corrected chi connectivity index (χ0v) is 9.06. The van der Waals surface area contributed by atoms with Crippen molar-refractivity contribution in [3.8, 4) is 0 Å². The van der Waals surface area contributed by atoms with E-state index in [1.165, 1.54) is 0 Å². The third-order valence-corrected chi connectivity index (χ3v) is 3.35. The van der Waals surface area contributed by atoms with Gasteiger partial charge in [0.25, 0.3) is 0 Å². The number of carbonyl (C=O) groups is 1. The average Bonchev–Trinajstić information content (AvgIpc) is 2.65. The smallest absolute Gasteiger partial charge is 0.185 e. The van der Waals surface area contributed by atoms with Gasteiger partial charge in [0.2, 0.25) is 0 Å². The normalized spacial score (nSPS) is 18.4. The Morgan fingerprint density at radius 3 is 2.86 bits per heavy atom. The second kappa shape index (κ2) is 4.19. The molecule has 1 fully saturated rings. The first-order valence-corrected chi connectivity index (χ1v) is 5.82. The topological polar surface area (TPSA) is 42.0 Å². The number of Topliss-reactive ketones (excluding diaryl/α,β-unsaturated/α-hetero) is 1. The quantitative estimate of drug-likeness (QED) is 0.754. The monoisotopic (exact) mass is 210 g/mol. The van der Waals surface area contributed by atoms with Crippen LogP contribution in [0.15, 0.2) is 5.38 Å². The van der Waals surface area contributed by atoms with Crippen molar-refractivity contribution in [3.63, 3.8) is 0 Å². The van der Waals surface area contributed by atoms with Crippen LogP contribution in [-0.2, 0) is 0 Å². The molecule has 14 heavy (non-hydrogen) atoms. The molecule has 0 amide bonds. The molecule has 4 heteroatoms. The first kappa shape index (κ1) is 9.80. The summed E-state index contributed by atoms with van der Waals surface area (Å²) in [5.41, 5.74) is 0.666. The molecule has 2 heterocycles. The van der Waals surface area contributed by atoms with Crippen LogP contribution in [0.5, 0.6) is 0 Å². The van der Waals surface area contributed by atoms with Crippen molar-refractivity contribution in [2.75, 3.05) is 13.1 Å². The minimum atomic E-state index is 0.192. The molecular formula is C10H14N2OS. The second-order valence-electron chi connectivity index (χ2n) is 3.64. The van der Waals surface area contributed by atoms with Crippen molar-refractivity contribution >= 4 is 17.1 Å². The van der Waals surface area contributed by atoms with Crippen molar-refractivity contribution in [2.45, 2.75) is 19.8 Å². The summed E-state index contributed by atoms with van der Waals surface area (Å²) in [7, 11) is 0. The summed E-state index contributed by atoms with van der Waals surface area (Å²) < 4.78 is 0. The van der Waals surface area contributed by atoms with Gasteiger partial charge in [-0.2, -0.15) is 0 Å². The first-order chi connectivity index (χ1) is 6.77. The number of aryl methyl sites for hydroxylation is 1. The van der Waals surface area contributed by atoms with Crippen molar-refractivity contribution in [1.82, 2.24) is 10.3 Å². The van der Waals surface area contributed by atoms with Gasteiger partial charge in [-0.15, -0.1) is 11.3 Å². The fourth-order valence-electron chi connectivity index (χ4n) is 1.77. The molecular weight excluding hydrogens is 196 g/mol. The van der Waals surface area contributed by atoms with E-state index >= 15 is 0 Å². The van der Waals surface area contributed by atoms with Gasteiger partial charge in [-0.1, -0.05) is 0 Å². The summed E-state index contributed by atoms with van der Waals surface area (Å²) in [6, 6.07) is 0. The highest BCUT2D eigenvalue weighted by molar-refractivity contribution is 7.09. The van der Waals surface area contributed by atoms with Crippen LogP contribution in [0.2, 0.25) is 0 Å². The van der Waals surface area contributed by atoms with Crippen LogP contribution in [-0.4, -0.2) is 23.9 Å². The lowest BCUT2D eigenvalue weighted by atomic mass is 9.92. The van der Waals surface area contributed by atoms with E-state index in [1.807, 2.05) is 12.3 Å². The third kappa shape index (κ3) is 2.01. The van der Waals surface area contributed by atoms with Crippen LogP contribution in [0.3, 0.4) is 0 Å². The number of aromatic nitrogens is 1. The molecule has 0 saturated carbocycles. The summed E-state index contributed by atoms with van der Waals surface area (Å²) >= 11 is 1.55. The number of piperidine rings is 1. The fourth-order valence-corrected chi connectivity index (χ4v) is 2.37. The van der Waals surface area contributed by atoms with Gasteiger partial charge in [-0.25, -0.2) is 4.98 Å². The molecule has 1 N–H and O–H groups in total. The molecule has 0 radical (unpaired) electrons. The third-order valence-electron chi connectivity index (χ3n) is 2.58. The van der Waals surface area contributed by atoms with Gasteiger partial charge >= 0.3 is 0 Å². The summed E-state index contributed by atoms with van der Waals surface area (Å²) in [6.07, 6.45) is 1.91. The van der Waals surface area contributed by atoms with Gasteiger partial charge in [0.1, 0.15) is 5.69 Å². The average molecular weight is 210 g/mol.